The molecule has 0 aromatic heterocycles. The number of hydrogen-bond donors (Lipinski definition) is 2. The smallest absolute Gasteiger partial charge is 0.223 e. The maximum atomic E-state index is 11.8. The van der Waals surface area contributed by atoms with Gasteiger partial charge in [-0.2, -0.15) is 0 Å². The molecule has 2 rings (SSSR count). The third kappa shape index (κ3) is 5.70. The second-order valence-corrected chi connectivity index (χ2v) is 5.92. The van der Waals surface area contributed by atoms with Gasteiger partial charge in [-0.3, -0.25) is 4.79 Å². The second kappa shape index (κ2) is 9.08. The van der Waals surface area contributed by atoms with Crippen LogP contribution in [0, 0.1) is 13.8 Å². The predicted molar refractivity (Wildman–Crippen MR) is 95.1 cm³/mol. The van der Waals surface area contributed by atoms with Crippen molar-refractivity contribution in [2.75, 3.05) is 13.2 Å². The molecule has 4 heteroatoms. The molecule has 0 aliphatic rings. The highest BCUT2D eigenvalue weighted by atomic mass is 16.5. The van der Waals surface area contributed by atoms with E-state index in [2.05, 4.69) is 12.2 Å². The summed E-state index contributed by atoms with van der Waals surface area (Å²) in [5.74, 6) is 0.792. The van der Waals surface area contributed by atoms with Crippen molar-refractivity contribution in [1.82, 2.24) is 5.32 Å². The first kappa shape index (κ1) is 18.0. The summed E-state index contributed by atoms with van der Waals surface area (Å²) in [4.78, 5) is 11.8. The summed E-state index contributed by atoms with van der Waals surface area (Å²) in [7, 11) is 0. The summed E-state index contributed by atoms with van der Waals surface area (Å²) in [6.45, 7) is 5.13. The number of amides is 1. The lowest BCUT2D eigenvalue weighted by molar-refractivity contribution is -0.121. The van der Waals surface area contributed by atoms with E-state index in [0.29, 0.717) is 19.6 Å². The third-order valence-electron chi connectivity index (χ3n) is 4.02. The Kier molecular flexibility index (Phi) is 6.82. The summed E-state index contributed by atoms with van der Waals surface area (Å²) in [5.41, 5.74) is 4.45. The molecule has 0 radical (unpaired) electrons. The molecule has 2 N–H and O–H groups in total. The number of aliphatic hydroxyl groups is 1. The third-order valence-corrected chi connectivity index (χ3v) is 4.02. The van der Waals surface area contributed by atoms with Gasteiger partial charge in [-0.15, -0.1) is 0 Å². The highest BCUT2D eigenvalue weighted by Gasteiger charge is 2.03. The Morgan fingerprint density at radius 3 is 2.42 bits per heavy atom. The van der Waals surface area contributed by atoms with Gasteiger partial charge in [0.2, 0.25) is 5.91 Å². The van der Waals surface area contributed by atoms with Gasteiger partial charge in [0.1, 0.15) is 5.75 Å². The Bertz CT molecular complexity index is 665. The first-order chi connectivity index (χ1) is 11.6. The normalized spacial score (nSPS) is 10.5. The number of hydrogen-bond acceptors (Lipinski definition) is 3. The monoisotopic (exact) mass is 327 g/mol. The van der Waals surface area contributed by atoms with Crippen LogP contribution in [0.1, 0.15) is 28.7 Å². The highest BCUT2D eigenvalue weighted by Crippen LogP contribution is 2.16. The Morgan fingerprint density at radius 2 is 1.75 bits per heavy atom. The number of nitrogens with one attached hydrogen (secondary N) is 1. The minimum Gasteiger partial charge on any atom is -0.493 e. The first-order valence-corrected chi connectivity index (χ1v) is 8.24. The standard InChI is InChI=1S/C20H25NO3/c1-15-3-8-19(13-16(15)2)24-12-10-20(23)21-11-9-17-4-6-18(14-22)7-5-17/h3-8,13,22H,9-12,14H2,1-2H3,(H,21,23). The van der Waals surface area contributed by atoms with Crippen LogP contribution < -0.4 is 10.1 Å². The lowest BCUT2D eigenvalue weighted by Gasteiger charge is -2.09. The molecule has 0 bridgehead atoms. The van der Waals surface area contributed by atoms with E-state index in [1.165, 1.54) is 11.1 Å². The molecule has 0 aliphatic carbocycles. The van der Waals surface area contributed by atoms with Gasteiger partial charge in [0.05, 0.1) is 19.6 Å². The summed E-state index contributed by atoms with van der Waals surface area (Å²) >= 11 is 0. The van der Waals surface area contributed by atoms with Crippen LogP contribution in [0.3, 0.4) is 0 Å². The summed E-state index contributed by atoms with van der Waals surface area (Å²) in [5, 5.41) is 11.9. The quantitative estimate of drug-likeness (QED) is 0.784. The van der Waals surface area contributed by atoms with Crippen LogP contribution in [0.4, 0.5) is 0 Å². The van der Waals surface area contributed by atoms with E-state index in [1.807, 2.05) is 49.4 Å². The molecule has 0 atom stereocenters. The van der Waals surface area contributed by atoms with Crippen LogP contribution in [0.2, 0.25) is 0 Å². The molecule has 4 nitrogen and oxygen atoms in total. The van der Waals surface area contributed by atoms with Crippen LogP contribution in [0.15, 0.2) is 42.5 Å². The Morgan fingerprint density at radius 1 is 1.04 bits per heavy atom. The summed E-state index contributed by atoms with van der Waals surface area (Å²) < 4.78 is 5.62. The Labute approximate surface area is 143 Å². The van der Waals surface area contributed by atoms with E-state index < -0.39 is 0 Å². The predicted octanol–water partition coefficient (Wildman–Crippen LogP) is 2.92. The minimum atomic E-state index is -0.00851. The SMILES string of the molecule is Cc1ccc(OCCC(=O)NCCc2ccc(CO)cc2)cc1C. The molecule has 0 saturated carbocycles. The molecule has 0 saturated heterocycles. The number of aryl methyl sites for hydroxylation is 2. The van der Waals surface area contributed by atoms with Gasteiger partial charge in [0, 0.05) is 6.54 Å². The lowest BCUT2D eigenvalue weighted by Crippen LogP contribution is -2.27. The topological polar surface area (TPSA) is 58.6 Å². The van der Waals surface area contributed by atoms with Crippen molar-refractivity contribution in [2.45, 2.75) is 33.3 Å². The van der Waals surface area contributed by atoms with E-state index in [0.717, 1.165) is 23.3 Å². The molecule has 2 aromatic rings. The second-order valence-electron chi connectivity index (χ2n) is 5.92. The molecular weight excluding hydrogens is 302 g/mol. The number of rotatable bonds is 8. The van der Waals surface area contributed by atoms with Crippen molar-refractivity contribution in [2.24, 2.45) is 0 Å². The van der Waals surface area contributed by atoms with Gasteiger partial charge in [-0.1, -0.05) is 30.3 Å². The van der Waals surface area contributed by atoms with E-state index in [1.54, 1.807) is 0 Å². The minimum absolute atomic E-state index is 0.00851. The molecule has 0 unspecified atom stereocenters. The number of ether oxygens (including phenoxy) is 1. The molecule has 24 heavy (non-hydrogen) atoms. The highest BCUT2D eigenvalue weighted by molar-refractivity contribution is 5.75. The molecule has 0 heterocycles. The fourth-order valence-corrected chi connectivity index (χ4v) is 2.31. The molecule has 1 amide bonds. The molecular formula is C20H25NO3. The van der Waals surface area contributed by atoms with Crippen molar-refractivity contribution >= 4 is 5.91 Å². The Hall–Kier alpha value is -2.33. The summed E-state index contributed by atoms with van der Waals surface area (Å²) in [6, 6.07) is 13.7. The van der Waals surface area contributed by atoms with Crippen LogP contribution in [-0.4, -0.2) is 24.2 Å². The number of aliphatic hydroxyl groups excluding tert-OH is 1. The number of benzene rings is 2. The number of carbonyl (C=O) groups is 1. The van der Waals surface area contributed by atoms with Gasteiger partial charge >= 0.3 is 0 Å². The number of carbonyl (C=O) groups excluding carboxylic acids is 1. The molecule has 0 spiro atoms. The largest absolute Gasteiger partial charge is 0.493 e. The van der Waals surface area contributed by atoms with E-state index in [-0.39, 0.29) is 12.5 Å². The lowest BCUT2D eigenvalue weighted by atomic mass is 10.1. The van der Waals surface area contributed by atoms with Gasteiger partial charge in [0.15, 0.2) is 0 Å². The molecule has 2 aromatic carbocycles. The van der Waals surface area contributed by atoms with Gasteiger partial charge in [-0.25, -0.2) is 0 Å². The fourth-order valence-electron chi connectivity index (χ4n) is 2.31. The van der Waals surface area contributed by atoms with Gasteiger partial charge in [0.25, 0.3) is 0 Å². The van der Waals surface area contributed by atoms with Crippen LogP contribution in [0.5, 0.6) is 5.75 Å². The first-order valence-electron chi connectivity index (χ1n) is 8.24. The average molecular weight is 327 g/mol. The van der Waals surface area contributed by atoms with Gasteiger partial charge < -0.3 is 15.2 Å². The molecule has 0 aliphatic heterocycles. The average Bonchev–Trinajstić information content (AvgIpc) is 2.59. The van der Waals surface area contributed by atoms with Crippen molar-refractivity contribution in [3.8, 4) is 5.75 Å². The zero-order valence-corrected chi connectivity index (χ0v) is 14.3. The van der Waals surface area contributed by atoms with Crippen molar-refractivity contribution in [1.29, 1.82) is 0 Å². The van der Waals surface area contributed by atoms with Crippen molar-refractivity contribution in [3.05, 3.63) is 64.7 Å². The zero-order valence-electron chi connectivity index (χ0n) is 14.3. The van der Waals surface area contributed by atoms with Crippen LogP contribution >= 0.6 is 0 Å². The van der Waals surface area contributed by atoms with Crippen molar-refractivity contribution in [3.63, 3.8) is 0 Å². The van der Waals surface area contributed by atoms with Crippen molar-refractivity contribution < 1.29 is 14.6 Å². The van der Waals surface area contributed by atoms with E-state index >= 15 is 0 Å². The molecule has 128 valence electrons. The zero-order chi connectivity index (χ0) is 17.4. The fraction of sp³-hybridized carbons (Fsp3) is 0.350. The van der Waals surface area contributed by atoms with Crippen LogP contribution in [0.25, 0.3) is 0 Å². The Balaban J connectivity index is 1.64. The maximum Gasteiger partial charge on any atom is 0.223 e. The molecule has 0 fully saturated rings. The maximum absolute atomic E-state index is 11.8. The van der Waals surface area contributed by atoms with E-state index in [9.17, 15) is 4.79 Å². The van der Waals surface area contributed by atoms with Gasteiger partial charge in [-0.05, 0) is 54.7 Å². The van der Waals surface area contributed by atoms with Crippen LogP contribution in [-0.2, 0) is 17.8 Å². The van der Waals surface area contributed by atoms with E-state index in [4.69, 9.17) is 9.84 Å². The summed E-state index contributed by atoms with van der Waals surface area (Å²) in [6.07, 6.45) is 1.12.